The number of anilines is 3. The van der Waals surface area contributed by atoms with Gasteiger partial charge in [0.2, 0.25) is 6.35 Å². The van der Waals surface area contributed by atoms with Gasteiger partial charge >= 0.3 is 0 Å². The summed E-state index contributed by atoms with van der Waals surface area (Å²) >= 11 is 0. The number of nitriles is 1. The molecule has 0 spiro atoms. The second-order valence-electron chi connectivity index (χ2n) is 7.55. The first-order chi connectivity index (χ1) is 13.2. The average Bonchev–Trinajstić information content (AvgIpc) is 2.62. The van der Waals surface area contributed by atoms with Crippen molar-refractivity contribution in [1.82, 2.24) is 0 Å². The van der Waals surface area contributed by atoms with Gasteiger partial charge in [0.15, 0.2) is 0 Å². The zero-order valence-corrected chi connectivity index (χ0v) is 17.1. The number of rotatable bonds is 8. The number of nitrogens with zero attached hydrogens (tertiary/aromatic N) is 2. The van der Waals surface area contributed by atoms with Crippen LogP contribution in [0.4, 0.5) is 21.5 Å². The predicted octanol–water partition coefficient (Wildman–Crippen LogP) is 4.65. The van der Waals surface area contributed by atoms with Crippen LogP contribution >= 0.6 is 0 Å². The molecule has 150 valence electrons. The Hall–Kier alpha value is -2.78. The molecular formula is C22H29FN4O. The van der Waals surface area contributed by atoms with Crippen LogP contribution in [0.15, 0.2) is 36.4 Å². The number of aryl methyl sites for hydroxylation is 1. The maximum atomic E-state index is 13.3. The van der Waals surface area contributed by atoms with Crippen molar-refractivity contribution in [2.24, 2.45) is 5.92 Å². The van der Waals surface area contributed by atoms with Gasteiger partial charge < -0.3 is 20.6 Å². The van der Waals surface area contributed by atoms with E-state index in [0.717, 1.165) is 23.5 Å². The van der Waals surface area contributed by atoms with Gasteiger partial charge in [0.05, 0.1) is 23.4 Å². The lowest BCUT2D eigenvalue weighted by Gasteiger charge is -2.27. The summed E-state index contributed by atoms with van der Waals surface area (Å²) in [5, 5.41) is 25.8. The van der Waals surface area contributed by atoms with E-state index in [-0.39, 0.29) is 11.7 Å². The second kappa shape index (κ2) is 9.43. The SMILES string of the molecule is Cc1cc(F)ccc1NC(O)Nc1cc(C(C)C#N)ccc1N(C)CC(C)C. The van der Waals surface area contributed by atoms with Crippen LogP contribution in [0.5, 0.6) is 0 Å². The number of halogens is 1. The van der Waals surface area contributed by atoms with E-state index < -0.39 is 6.35 Å². The number of hydrogen-bond acceptors (Lipinski definition) is 5. The van der Waals surface area contributed by atoms with Crippen LogP contribution in [0.3, 0.4) is 0 Å². The van der Waals surface area contributed by atoms with Crippen LogP contribution in [0.2, 0.25) is 0 Å². The molecule has 0 aliphatic carbocycles. The molecule has 0 saturated heterocycles. The Morgan fingerprint density at radius 3 is 2.39 bits per heavy atom. The minimum atomic E-state index is -1.08. The molecule has 2 aromatic carbocycles. The summed E-state index contributed by atoms with van der Waals surface area (Å²) in [5.41, 5.74) is 3.86. The van der Waals surface area contributed by atoms with Gasteiger partial charge in [0.1, 0.15) is 5.82 Å². The molecule has 3 N–H and O–H groups in total. The lowest BCUT2D eigenvalue weighted by molar-refractivity contribution is 0.233. The van der Waals surface area contributed by atoms with Gasteiger partial charge in [-0.05, 0) is 61.2 Å². The van der Waals surface area contributed by atoms with Crippen molar-refractivity contribution in [1.29, 1.82) is 5.26 Å². The average molecular weight is 384 g/mol. The highest BCUT2D eigenvalue weighted by Crippen LogP contribution is 2.30. The van der Waals surface area contributed by atoms with E-state index in [9.17, 15) is 14.8 Å². The van der Waals surface area contributed by atoms with Crippen LogP contribution in [-0.2, 0) is 0 Å². The Labute approximate surface area is 166 Å². The number of nitrogens with one attached hydrogen (secondary N) is 2. The number of hydrogen-bond donors (Lipinski definition) is 3. The number of aliphatic hydroxyl groups excluding tert-OH is 1. The topological polar surface area (TPSA) is 71.3 Å². The highest BCUT2D eigenvalue weighted by molar-refractivity contribution is 5.72. The van der Waals surface area contributed by atoms with Crippen LogP contribution in [0.1, 0.15) is 37.8 Å². The minimum Gasteiger partial charge on any atom is -0.373 e. The molecule has 0 bridgehead atoms. The van der Waals surface area contributed by atoms with Crippen molar-refractivity contribution < 1.29 is 9.50 Å². The third-order valence-corrected chi connectivity index (χ3v) is 4.54. The molecule has 2 atom stereocenters. The first-order valence-corrected chi connectivity index (χ1v) is 9.43. The first-order valence-electron chi connectivity index (χ1n) is 9.43. The first kappa shape index (κ1) is 21.5. The van der Waals surface area contributed by atoms with E-state index in [2.05, 4.69) is 35.5 Å². The zero-order chi connectivity index (χ0) is 20.8. The van der Waals surface area contributed by atoms with Crippen molar-refractivity contribution >= 4 is 17.1 Å². The largest absolute Gasteiger partial charge is 0.373 e. The molecular weight excluding hydrogens is 355 g/mol. The summed E-state index contributed by atoms with van der Waals surface area (Å²) in [6.07, 6.45) is -1.08. The van der Waals surface area contributed by atoms with E-state index in [4.69, 9.17) is 0 Å². The van der Waals surface area contributed by atoms with Gasteiger partial charge in [0, 0.05) is 19.3 Å². The molecule has 0 fully saturated rings. The fourth-order valence-corrected chi connectivity index (χ4v) is 3.11. The van der Waals surface area contributed by atoms with E-state index >= 15 is 0 Å². The summed E-state index contributed by atoms with van der Waals surface area (Å²) in [6, 6.07) is 12.4. The predicted molar refractivity (Wildman–Crippen MR) is 113 cm³/mol. The van der Waals surface area contributed by atoms with Crippen molar-refractivity contribution in [3.63, 3.8) is 0 Å². The van der Waals surface area contributed by atoms with Crippen molar-refractivity contribution in [3.8, 4) is 6.07 Å². The Bertz CT molecular complexity index is 847. The maximum Gasteiger partial charge on any atom is 0.202 e. The summed E-state index contributed by atoms with van der Waals surface area (Å²) < 4.78 is 13.3. The Morgan fingerprint density at radius 2 is 1.79 bits per heavy atom. The van der Waals surface area contributed by atoms with Crippen molar-refractivity contribution in [2.75, 3.05) is 29.1 Å². The number of aliphatic hydroxyl groups is 1. The number of benzene rings is 2. The normalized spacial score (nSPS) is 13.0. The zero-order valence-electron chi connectivity index (χ0n) is 17.1. The molecule has 0 heterocycles. The molecule has 0 saturated carbocycles. The van der Waals surface area contributed by atoms with Crippen LogP contribution < -0.4 is 15.5 Å². The lowest BCUT2D eigenvalue weighted by Crippen LogP contribution is -2.30. The van der Waals surface area contributed by atoms with Gasteiger partial charge in [-0.1, -0.05) is 19.9 Å². The third kappa shape index (κ3) is 5.61. The lowest BCUT2D eigenvalue weighted by atomic mass is 10.0. The highest BCUT2D eigenvalue weighted by atomic mass is 19.1. The van der Waals surface area contributed by atoms with Gasteiger partial charge in [-0.25, -0.2) is 4.39 Å². The van der Waals surface area contributed by atoms with Gasteiger partial charge in [-0.3, -0.25) is 0 Å². The highest BCUT2D eigenvalue weighted by Gasteiger charge is 2.15. The molecule has 5 nitrogen and oxygen atoms in total. The molecule has 0 amide bonds. The maximum absolute atomic E-state index is 13.3. The van der Waals surface area contributed by atoms with E-state index in [1.807, 2.05) is 32.2 Å². The Balaban J connectivity index is 2.28. The van der Waals surface area contributed by atoms with Crippen molar-refractivity contribution in [3.05, 3.63) is 53.3 Å². The van der Waals surface area contributed by atoms with E-state index in [1.54, 1.807) is 13.0 Å². The minimum absolute atomic E-state index is 0.255. The second-order valence-corrected chi connectivity index (χ2v) is 7.55. The molecule has 2 rings (SSSR count). The fourth-order valence-electron chi connectivity index (χ4n) is 3.11. The molecule has 0 aromatic heterocycles. The van der Waals surface area contributed by atoms with Gasteiger partial charge in [0.25, 0.3) is 0 Å². The fraction of sp³-hybridized carbons (Fsp3) is 0.409. The molecule has 6 heteroatoms. The van der Waals surface area contributed by atoms with Crippen LogP contribution in [-0.4, -0.2) is 25.1 Å². The van der Waals surface area contributed by atoms with Crippen LogP contribution in [0.25, 0.3) is 0 Å². The molecule has 0 radical (unpaired) electrons. The summed E-state index contributed by atoms with van der Waals surface area (Å²) in [5.74, 6) is -0.101. The van der Waals surface area contributed by atoms with E-state index in [1.165, 1.54) is 12.1 Å². The van der Waals surface area contributed by atoms with Crippen LogP contribution in [0, 0.1) is 30.0 Å². The molecule has 2 aromatic rings. The summed E-state index contributed by atoms with van der Waals surface area (Å²) in [4.78, 5) is 2.11. The van der Waals surface area contributed by atoms with Gasteiger partial charge in [-0.15, -0.1) is 0 Å². The summed E-state index contributed by atoms with van der Waals surface area (Å²) in [7, 11) is 2.00. The monoisotopic (exact) mass is 384 g/mol. The molecule has 28 heavy (non-hydrogen) atoms. The molecule has 0 aliphatic heterocycles. The smallest absolute Gasteiger partial charge is 0.202 e. The third-order valence-electron chi connectivity index (χ3n) is 4.54. The molecule has 2 unspecified atom stereocenters. The van der Waals surface area contributed by atoms with Crippen molar-refractivity contribution in [2.45, 2.75) is 40.0 Å². The quantitative estimate of drug-likeness (QED) is 0.578. The van der Waals surface area contributed by atoms with Gasteiger partial charge in [-0.2, -0.15) is 5.26 Å². The van der Waals surface area contributed by atoms with E-state index in [0.29, 0.717) is 17.2 Å². The Morgan fingerprint density at radius 1 is 1.11 bits per heavy atom. The standard InChI is InChI=1S/C22H29FN4O/c1-14(2)13-27(5)21-9-6-17(16(4)12-24)11-20(21)26-22(28)25-19-8-7-18(23)10-15(19)3/h6-11,14,16,22,25-26,28H,13H2,1-5H3. The Kier molecular flexibility index (Phi) is 7.24. The summed E-state index contributed by atoms with van der Waals surface area (Å²) in [6.45, 7) is 8.75. The molecule has 0 aliphatic rings.